The van der Waals surface area contributed by atoms with Crippen molar-refractivity contribution in [3.05, 3.63) is 76.7 Å². The van der Waals surface area contributed by atoms with Gasteiger partial charge in [0.2, 0.25) is 15.9 Å². The summed E-state index contributed by atoms with van der Waals surface area (Å²) < 4.78 is 38.9. The van der Waals surface area contributed by atoms with Crippen LogP contribution in [0.15, 0.2) is 57.9 Å². The second-order valence-electron chi connectivity index (χ2n) is 8.95. The molecule has 2 heterocycles. The minimum absolute atomic E-state index is 0.0445. The van der Waals surface area contributed by atoms with Gasteiger partial charge in [0.1, 0.15) is 11.4 Å². The molecule has 36 heavy (non-hydrogen) atoms. The van der Waals surface area contributed by atoms with Gasteiger partial charge in [-0.15, -0.1) is 0 Å². The first-order valence-corrected chi connectivity index (χ1v) is 13.3. The zero-order chi connectivity index (χ0) is 25.7. The Morgan fingerprint density at radius 2 is 1.75 bits per heavy atom. The Kier molecular flexibility index (Phi) is 7.91. The highest BCUT2D eigenvalue weighted by Gasteiger charge is 2.35. The van der Waals surface area contributed by atoms with E-state index < -0.39 is 10.0 Å². The van der Waals surface area contributed by atoms with Crippen LogP contribution < -0.4 is 10.1 Å². The summed E-state index contributed by atoms with van der Waals surface area (Å²) in [6, 6.07) is 15.4. The Bertz CT molecular complexity index is 1320. The van der Waals surface area contributed by atoms with Crippen LogP contribution in [0.4, 0.5) is 0 Å². The van der Waals surface area contributed by atoms with Crippen molar-refractivity contribution in [3.63, 3.8) is 0 Å². The van der Waals surface area contributed by atoms with Crippen LogP contribution in [0.25, 0.3) is 12.2 Å². The third-order valence-corrected chi connectivity index (χ3v) is 8.44. The number of hydrogen-bond acceptors (Lipinski definition) is 6. The zero-order valence-electron chi connectivity index (χ0n) is 20.7. The molecule has 0 aliphatic carbocycles. The van der Waals surface area contributed by atoms with E-state index >= 15 is 0 Å². The molecule has 0 saturated carbocycles. The molecule has 0 atom stereocenters. The summed E-state index contributed by atoms with van der Waals surface area (Å²) in [5.41, 5.74) is 3.38. The number of nitrogens with one attached hydrogen (secondary N) is 1. The molecular weight excluding hydrogens is 478 g/mol. The van der Waals surface area contributed by atoms with Crippen molar-refractivity contribution in [1.82, 2.24) is 14.8 Å². The van der Waals surface area contributed by atoms with Crippen LogP contribution in [-0.2, 0) is 21.4 Å². The van der Waals surface area contributed by atoms with Gasteiger partial charge in [-0.1, -0.05) is 53.2 Å². The summed E-state index contributed by atoms with van der Waals surface area (Å²) >= 11 is 0. The van der Waals surface area contributed by atoms with Crippen LogP contribution in [0, 0.1) is 19.8 Å². The van der Waals surface area contributed by atoms with Crippen LogP contribution >= 0.6 is 0 Å². The van der Waals surface area contributed by atoms with Crippen molar-refractivity contribution in [2.45, 2.75) is 38.1 Å². The van der Waals surface area contributed by atoms with Crippen LogP contribution in [0.1, 0.15) is 41.0 Å². The van der Waals surface area contributed by atoms with Gasteiger partial charge >= 0.3 is 0 Å². The number of aryl methyl sites for hydroxylation is 2. The van der Waals surface area contributed by atoms with E-state index in [4.69, 9.17) is 9.26 Å². The summed E-state index contributed by atoms with van der Waals surface area (Å²) in [7, 11) is -2.23. The molecular formula is C27H31N3O5S. The summed E-state index contributed by atoms with van der Waals surface area (Å²) in [6.07, 6.45) is 4.30. The molecule has 1 aliphatic rings. The van der Waals surface area contributed by atoms with E-state index in [1.807, 2.05) is 55.5 Å². The van der Waals surface area contributed by atoms with Gasteiger partial charge in [-0.25, -0.2) is 8.42 Å². The number of ether oxygens (including phenoxy) is 1. The molecule has 8 nitrogen and oxygen atoms in total. The number of piperidine rings is 1. The standard InChI is InChI=1S/C27H31N3O5S/c1-19-4-6-22(7-5-19)18-28-27(31)23-14-16-30(17-15-23)36(32,33)26-20(2)29-35-25(26)13-10-21-8-11-24(34-3)12-9-21/h4-13,23H,14-18H2,1-3H3,(H,28,31). The van der Waals surface area contributed by atoms with Crippen molar-refractivity contribution in [2.75, 3.05) is 20.2 Å². The van der Waals surface area contributed by atoms with E-state index in [0.717, 1.165) is 16.9 Å². The lowest BCUT2D eigenvalue weighted by atomic mass is 9.97. The van der Waals surface area contributed by atoms with E-state index in [0.29, 0.717) is 25.1 Å². The molecule has 0 spiro atoms. The molecule has 4 rings (SSSR count). The SMILES string of the molecule is COc1ccc(C=Cc2onc(C)c2S(=O)(=O)N2CCC(C(=O)NCc3ccc(C)cc3)CC2)cc1. The fourth-order valence-electron chi connectivity index (χ4n) is 4.21. The van der Waals surface area contributed by atoms with Gasteiger partial charge in [0.05, 0.1) is 7.11 Å². The Hall–Kier alpha value is -3.43. The summed E-state index contributed by atoms with van der Waals surface area (Å²) in [4.78, 5) is 12.7. The Labute approximate surface area is 212 Å². The van der Waals surface area contributed by atoms with Crippen LogP contribution in [0.2, 0.25) is 0 Å². The zero-order valence-corrected chi connectivity index (χ0v) is 21.5. The maximum atomic E-state index is 13.5. The fraction of sp³-hybridized carbons (Fsp3) is 0.333. The fourth-order valence-corrected chi connectivity index (χ4v) is 5.93. The number of hydrogen-bond donors (Lipinski definition) is 1. The summed E-state index contributed by atoms with van der Waals surface area (Å²) in [5, 5.41) is 6.88. The highest BCUT2D eigenvalue weighted by molar-refractivity contribution is 7.89. The largest absolute Gasteiger partial charge is 0.497 e. The molecule has 1 aliphatic heterocycles. The molecule has 1 N–H and O–H groups in total. The third kappa shape index (κ3) is 5.85. The number of benzene rings is 2. The number of amides is 1. The van der Waals surface area contributed by atoms with Gasteiger partial charge in [-0.3, -0.25) is 4.79 Å². The van der Waals surface area contributed by atoms with Gasteiger partial charge in [0.25, 0.3) is 0 Å². The number of sulfonamides is 1. The predicted molar refractivity (Wildman–Crippen MR) is 138 cm³/mol. The third-order valence-electron chi connectivity index (χ3n) is 6.39. The highest BCUT2D eigenvalue weighted by atomic mass is 32.2. The Balaban J connectivity index is 1.39. The predicted octanol–water partition coefficient (Wildman–Crippen LogP) is 4.19. The van der Waals surface area contributed by atoms with Crippen LogP contribution in [0.3, 0.4) is 0 Å². The van der Waals surface area contributed by atoms with Crippen molar-refractivity contribution in [2.24, 2.45) is 5.92 Å². The molecule has 3 aromatic rings. The van der Waals surface area contributed by atoms with Gasteiger partial charge in [0.15, 0.2) is 10.7 Å². The molecule has 1 fully saturated rings. The monoisotopic (exact) mass is 509 g/mol. The second-order valence-corrected chi connectivity index (χ2v) is 10.8. The molecule has 0 bridgehead atoms. The van der Waals surface area contributed by atoms with Crippen molar-refractivity contribution >= 4 is 28.1 Å². The van der Waals surface area contributed by atoms with Gasteiger partial charge < -0.3 is 14.6 Å². The Morgan fingerprint density at radius 3 is 2.39 bits per heavy atom. The summed E-state index contributed by atoms with van der Waals surface area (Å²) in [5.74, 6) is 0.649. The van der Waals surface area contributed by atoms with E-state index in [9.17, 15) is 13.2 Å². The van der Waals surface area contributed by atoms with E-state index in [1.54, 1.807) is 26.2 Å². The van der Waals surface area contributed by atoms with E-state index in [-0.39, 0.29) is 35.6 Å². The molecule has 1 saturated heterocycles. The lowest BCUT2D eigenvalue weighted by molar-refractivity contribution is -0.126. The normalized spacial score (nSPS) is 15.3. The maximum Gasteiger partial charge on any atom is 0.248 e. The number of carbonyl (C=O) groups excluding carboxylic acids is 1. The molecule has 9 heteroatoms. The van der Waals surface area contributed by atoms with Crippen molar-refractivity contribution in [3.8, 4) is 5.75 Å². The number of rotatable bonds is 8. The second kappa shape index (κ2) is 11.1. The van der Waals surface area contributed by atoms with Crippen LogP contribution in [0.5, 0.6) is 5.75 Å². The van der Waals surface area contributed by atoms with Gasteiger partial charge in [0, 0.05) is 25.6 Å². The van der Waals surface area contributed by atoms with Gasteiger partial charge in [-0.2, -0.15) is 4.31 Å². The lowest BCUT2D eigenvalue weighted by Crippen LogP contribution is -2.43. The molecule has 1 aromatic heterocycles. The lowest BCUT2D eigenvalue weighted by Gasteiger charge is -2.30. The molecule has 2 aromatic carbocycles. The number of methoxy groups -OCH3 is 1. The quantitative estimate of drug-likeness (QED) is 0.489. The Morgan fingerprint density at radius 1 is 1.08 bits per heavy atom. The molecule has 1 amide bonds. The average molecular weight is 510 g/mol. The smallest absolute Gasteiger partial charge is 0.248 e. The van der Waals surface area contributed by atoms with Crippen molar-refractivity contribution in [1.29, 1.82) is 0 Å². The number of carbonyl (C=O) groups is 1. The number of aromatic nitrogens is 1. The number of nitrogens with zero attached hydrogens (tertiary/aromatic N) is 2. The minimum Gasteiger partial charge on any atom is -0.497 e. The first-order chi connectivity index (χ1) is 17.3. The van der Waals surface area contributed by atoms with Gasteiger partial charge in [-0.05, 0) is 56.0 Å². The molecule has 0 unspecified atom stereocenters. The molecule has 0 radical (unpaired) electrons. The maximum absolute atomic E-state index is 13.5. The molecule has 190 valence electrons. The van der Waals surface area contributed by atoms with Crippen LogP contribution in [-0.4, -0.2) is 44.0 Å². The first kappa shape index (κ1) is 25.7. The average Bonchev–Trinajstić information content (AvgIpc) is 3.28. The van der Waals surface area contributed by atoms with Crippen molar-refractivity contribution < 1.29 is 22.5 Å². The summed E-state index contributed by atoms with van der Waals surface area (Å²) in [6.45, 7) is 4.62. The first-order valence-electron chi connectivity index (χ1n) is 11.9. The minimum atomic E-state index is -3.83. The van der Waals surface area contributed by atoms with E-state index in [1.165, 1.54) is 9.87 Å². The van der Waals surface area contributed by atoms with E-state index in [2.05, 4.69) is 10.5 Å². The topological polar surface area (TPSA) is 102 Å². The highest BCUT2D eigenvalue weighted by Crippen LogP contribution is 2.29.